The smallest absolute Gasteiger partial charge is 0.251 e. The number of nitrogens with one attached hydrogen (secondary N) is 2. The first-order valence-corrected chi connectivity index (χ1v) is 6.98. The standard InChI is InChI=1S/C14H18ClFN2O.ClH/c15-12-8-11(3-4-13(12)16)14(19)18-7-5-10-2-1-6-17-9-10;/h3-4,8,10,17H,1-2,5-7,9H2,(H,18,19);1H. The van der Waals surface area contributed by atoms with Crippen LogP contribution in [0.25, 0.3) is 0 Å². The second-order valence-corrected chi connectivity index (χ2v) is 5.29. The summed E-state index contributed by atoms with van der Waals surface area (Å²) in [5.41, 5.74) is 0.396. The Balaban J connectivity index is 0.00000200. The third-order valence-corrected chi connectivity index (χ3v) is 3.71. The molecule has 1 amide bonds. The van der Waals surface area contributed by atoms with E-state index in [-0.39, 0.29) is 23.3 Å². The molecule has 0 bridgehead atoms. The topological polar surface area (TPSA) is 41.1 Å². The Morgan fingerprint density at radius 1 is 1.50 bits per heavy atom. The zero-order valence-corrected chi connectivity index (χ0v) is 12.7. The maximum absolute atomic E-state index is 13.0. The van der Waals surface area contributed by atoms with E-state index in [1.807, 2.05) is 0 Å². The molecule has 6 heteroatoms. The van der Waals surface area contributed by atoms with Crippen molar-refractivity contribution in [1.29, 1.82) is 0 Å². The molecule has 1 heterocycles. The molecular formula is C14H19Cl2FN2O. The Morgan fingerprint density at radius 2 is 2.30 bits per heavy atom. The largest absolute Gasteiger partial charge is 0.352 e. The van der Waals surface area contributed by atoms with Crippen LogP contribution in [-0.2, 0) is 0 Å². The number of amides is 1. The molecule has 1 aliphatic rings. The second kappa shape index (κ2) is 8.45. The molecule has 2 rings (SSSR count). The van der Waals surface area contributed by atoms with Gasteiger partial charge in [0.05, 0.1) is 5.02 Å². The van der Waals surface area contributed by atoms with Gasteiger partial charge in [0.25, 0.3) is 5.91 Å². The van der Waals surface area contributed by atoms with Crippen molar-refractivity contribution in [3.63, 3.8) is 0 Å². The molecule has 0 aliphatic carbocycles. The highest BCUT2D eigenvalue weighted by Gasteiger charge is 2.13. The van der Waals surface area contributed by atoms with Crippen molar-refractivity contribution in [2.24, 2.45) is 5.92 Å². The summed E-state index contributed by atoms with van der Waals surface area (Å²) in [6.45, 7) is 2.76. The summed E-state index contributed by atoms with van der Waals surface area (Å²) >= 11 is 5.65. The normalized spacial score (nSPS) is 18.2. The quantitative estimate of drug-likeness (QED) is 0.895. The maximum Gasteiger partial charge on any atom is 0.251 e. The van der Waals surface area contributed by atoms with Crippen LogP contribution >= 0.6 is 24.0 Å². The van der Waals surface area contributed by atoms with Crippen molar-refractivity contribution in [3.05, 3.63) is 34.6 Å². The number of carbonyl (C=O) groups excluding carboxylic acids is 1. The summed E-state index contributed by atoms with van der Waals surface area (Å²) in [6, 6.07) is 4.01. The maximum atomic E-state index is 13.0. The van der Waals surface area contributed by atoms with Crippen molar-refractivity contribution in [2.75, 3.05) is 19.6 Å². The van der Waals surface area contributed by atoms with Crippen LogP contribution in [0.1, 0.15) is 29.6 Å². The number of rotatable bonds is 4. The first-order chi connectivity index (χ1) is 9.16. The van der Waals surface area contributed by atoms with E-state index in [0.717, 1.165) is 19.5 Å². The van der Waals surface area contributed by atoms with Gasteiger partial charge in [-0.1, -0.05) is 11.6 Å². The lowest BCUT2D eigenvalue weighted by molar-refractivity contribution is 0.0950. The Kier molecular flexibility index (Phi) is 7.27. The molecule has 0 saturated carbocycles. The highest BCUT2D eigenvalue weighted by atomic mass is 35.5. The molecule has 0 aromatic heterocycles. The number of halogens is 3. The van der Waals surface area contributed by atoms with Crippen molar-refractivity contribution in [3.8, 4) is 0 Å². The van der Waals surface area contributed by atoms with Gasteiger partial charge in [-0.2, -0.15) is 0 Å². The minimum Gasteiger partial charge on any atom is -0.352 e. The SMILES string of the molecule is Cl.O=C(NCCC1CCCNC1)c1ccc(F)c(Cl)c1. The average Bonchev–Trinajstić information content (AvgIpc) is 2.43. The zero-order chi connectivity index (χ0) is 13.7. The molecule has 1 aromatic carbocycles. The highest BCUT2D eigenvalue weighted by molar-refractivity contribution is 6.31. The van der Waals surface area contributed by atoms with E-state index in [1.54, 1.807) is 0 Å². The summed E-state index contributed by atoms with van der Waals surface area (Å²) in [7, 11) is 0. The van der Waals surface area contributed by atoms with Crippen LogP contribution < -0.4 is 10.6 Å². The van der Waals surface area contributed by atoms with Gasteiger partial charge in [0.15, 0.2) is 0 Å². The van der Waals surface area contributed by atoms with Crippen LogP contribution in [0.5, 0.6) is 0 Å². The minimum atomic E-state index is -0.508. The van der Waals surface area contributed by atoms with Gasteiger partial charge in [-0.15, -0.1) is 12.4 Å². The summed E-state index contributed by atoms with van der Waals surface area (Å²) in [5, 5.41) is 6.17. The Morgan fingerprint density at radius 3 is 2.95 bits per heavy atom. The fraction of sp³-hybridized carbons (Fsp3) is 0.500. The van der Waals surface area contributed by atoms with Gasteiger partial charge in [0.1, 0.15) is 5.82 Å². The lowest BCUT2D eigenvalue weighted by Crippen LogP contribution is -2.33. The van der Waals surface area contributed by atoms with Crippen LogP contribution in [-0.4, -0.2) is 25.5 Å². The molecular weight excluding hydrogens is 302 g/mol. The molecule has 3 nitrogen and oxygen atoms in total. The lowest BCUT2D eigenvalue weighted by Gasteiger charge is -2.22. The molecule has 112 valence electrons. The Bertz CT molecular complexity index is 451. The van der Waals surface area contributed by atoms with Gasteiger partial charge in [0.2, 0.25) is 0 Å². The van der Waals surface area contributed by atoms with Crippen LogP contribution in [0.15, 0.2) is 18.2 Å². The second-order valence-electron chi connectivity index (χ2n) is 4.89. The van der Waals surface area contributed by atoms with E-state index in [2.05, 4.69) is 10.6 Å². The van der Waals surface area contributed by atoms with Gasteiger partial charge in [-0.05, 0) is 56.5 Å². The lowest BCUT2D eigenvalue weighted by atomic mass is 9.96. The predicted octanol–water partition coefficient (Wildman–Crippen LogP) is 3.02. The fourth-order valence-corrected chi connectivity index (χ4v) is 2.48. The number of piperidine rings is 1. The van der Waals surface area contributed by atoms with E-state index in [1.165, 1.54) is 31.0 Å². The van der Waals surface area contributed by atoms with E-state index in [9.17, 15) is 9.18 Å². The molecule has 1 aliphatic heterocycles. The molecule has 2 N–H and O–H groups in total. The minimum absolute atomic E-state index is 0. The van der Waals surface area contributed by atoms with E-state index in [4.69, 9.17) is 11.6 Å². The van der Waals surface area contributed by atoms with Gasteiger partial charge in [0, 0.05) is 12.1 Å². The molecule has 1 unspecified atom stereocenters. The predicted molar refractivity (Wildman–Crippen MR) is 81.2 cm³/mol. The number of hydrogen-bond donors (Lipinski definition) is 2. The molecule has 1 atom stereocenters. The van der Waals surface area contributed by atoms with Gasteiger partial charge < -0.3 is 10.6 Å². The third-order valence-electron chi connectivity index (χ3n) is 3.42. The third kappa shape index (κ3) is 4.93. The van der Waals surface area contributed by atoms with Crippen LogP contribution in [0.3, 0.4) is 0 Å². The van der Waals surface area contributed by atoms with Gasteiger partial charge in [-0.25, -0.2) is 4.39 Å². The van der Waals surface area contributed by atoms with Crippen molar-refractivity contribution in [2.45, 2.75) is 19.3 Å². The average molecular weight is 321 g/mol. The molecule has 1 saturated heterocycles. The molecule has 0 spiro atoms. The first-order valence-electron chi connectivity index (χ1n) is 6.61. The van der Waals surface area contributed by atoms with E-state index >= 15 is 0 Å². The van der Waals surface area contributed by atoms with Crippen molar-refractivity contribution in [1.82, 2.24) is 10.6 Å². The molecule has 20 heavy (non-hydrogen) atoms. The van der Waals surface area contributed by atoms with Crippen molar-refractivity contribution < 1.29 is 9.18 Å². The number of carbonyl (C=O) groups is 1. The zero-order valence-electron chi connectivity index (χ0n) is 11.1. The number of benzene rings is 1. The summed E-state index contributed by atoms with van der Waals surface area (Å²) in [6.07, 6.45) is 3.38. The molecule has 1 fully saturated rings. The fourth-order valence-electron chi connectivity index (χ4n) is 2.30. The summed E-state index contributed by atoms with van der Waals surface area (Å²) < 4.78 is 13.0. The van der Waals surface area contributed by atoms with Crippen molar-refractivity contribution >= 4 is 29.9 Å². The van der Waals surface area contributed by atoms with Crippen LogP contribution in [0, 0.1) is 11.7 Å². The molecule has 1 aromatic rings. The summed E-state index contributed by atoms with van der Waals surface area (Å²) in [5.74, 6) is -0.0805. The highest BCUT2D eigenvalue weighted by Crippen LogP contribution is 2.16. The van der Waals surface area contributed by atoms with Gasteiger partial charge >= 0.3 is 0 Å². The molecule has 0 radical (unpaired) electrons. The first kappa shape index (κ1) is 17.2. The number of hydrogen-bond acceptors (Lipinski definition) is 2. The van der Waals surface area contributed by atoms with Crippen LogP contribution in [0.4, 0.5) is 4.39 Å². The Hall–Kier alpha value is -0.840. The monoisotopic (exact) mass is 320 g/mol. The summed E-state index contributed by atoms with van der Waals surface area (Å²) in [4.78, 5) is 11.8. The van der Waals surface area contributed by atoms with Gasteiger partial charge in [-0.3, -0.25) is 4.79 Å². The Labute approximate surface area is 129 Å². The van der Waals surface area contributed by atoms with Crippen LogP contribution in [0.2, 0.25) is 5.02 Å². The van der Waals surface area contributed by atoms with E-state index in [0.29, 0.717) is 18.0 Å². The van der Waals surface area contributed by atoms with E-state index < -0.39 is 5.82 Å².